The molecule has 1 aliphatic carbocycles. The van der Waals surface area contributed by atoms with Crippen LogP contribution >= 0.6 is 0 Å². The summed E-state index contributed by atoms with van der Waals surface area (Å²) in [7, 11) is -1.38. The predicted octanol–water partition coefficient (Wildman–Crippen LogP) is 4.06. The van der Waals surface area contributed by atoms with Crippen LogP contribution in [0.25, 0.3) is 0 Å². The number of hydrogen-bond donors (Lipinski definition) is 0. The highest BCUT2D eigenvalue weighted by molar-refractivity contribution is 7.90. The first-order valence-electron chi connectivity index (χ1n) is 7.93. The summed E-state index contributed by atoms with van der Waals surface area (Å²) in [5, 5.41) is 0. The Labute approximate surface area is 134 Å². The Balaban J connectivity index is 1.94. The van der Waals surface area contributed by atoms with Gasteiger partial charge in [-0.2, -0.15) is 0 Å². The van der Waals surface area contributed by atoms with Gasteiger partial charge in [-0.15, -0.1) is 0 Å². The van der Waals surface area contributed by atoms with Crippen molar-refractivity contribution in [3.05, 3.63) is 46.4 Å². The molecule has 1 unspecified atom stereocenters. The highest BCUT2D eigenvalue weighted by atomic mass is 32.2. The third-order valence-electron chi connectivity index (χ3n) is 3.85. The standard InChI is InChI=1S/C18H22O3S/c1-2-3-4-5-6-9-12-22(21)17-13-16(19)14-10-7-8-11-15(14)18(17)20/h7-8,10-11,13H,2-6,9,12H2,1H3. The van der Waals surface area contributed by atoms with Crippen LogP contribution in [0.15, 0.2) is 35.2 Å². The number of benzene rings is 1. The van der Waals surface area contributed by atoms with Gasteiger partial charge in [-0.05, 0) is 6.42 Å². The minimum absolute atomic E-state index is 0.164. The van der Waals surface area contributed by atoms with Crippen molar-refractivity contribution in [1.29, 1.82) is 0 Å². The maximum atomic E-state index is 12.4. The lowest BCUT2D eigenvalue weighted by atomic mass is 9.95. The highest BCUT2D eigenvalue weighted by Gasteiger charge is 2.28. The summed E-state index contributed by atoms with van der Waals surface area (Å²) in [6.07, 6.45) is 7.90. The van der Waals surface area contributed by atoms with E-state index in [0.29, 0.717) is 16.9 Å². The molecule has 1 aromatic rings. The largest absolute Gasteiger partial charge is 0.289 e. The fraction of sp³-hybridized carbons (Fsp3) is 0.444. The van der Waals surface area contributed by atoms with Crippen molar-refractivity contribution in [2.24, 2.45) is 0 Å². The highest BCUT2D eigenvalue weighted by Crippen LogP contribution is 2.23. The Morgan fingerprint density at radius 3 is 2.27 bits per heavy atom. The number of fused-ring (bicyclic) bond motifs is 1. The van der Waals surface area contributed by atoms with Gasteiger partial charge in [-0.3, -0.25) is 13.8 Å². The summed E-state index contributed by atoms with van der Waals surface area (Å²) in [6.45, 7) is 2.17. The monoisotopic (exact) mass is 318 g/mol. The fourth-order valence-corrected chi connectivity index (χ4v) is 3.83. The molecule has 0 spiro atoms. The van der Waals surface area contributed by atoms with Crippen LogP contribution in [0, 0.1) is 0 Å². The summed E-state index contributed by atoms with van der Waals surface area (Å²) in [4.78, 5) is 24.6. The topological polar surface area (TPSA) is 51.2 Å². The number of unbranched alkanes of at least 4 members (excludes halogenated alkanes) is 5. The molecule has 0 heterocycles. The molecule has 0 bridgehead atoms. The summed E-state index contributed by atoms with van der Waals surface area (Å²) in [6, 6.07) is 6.73. The average molecular weight is 318 g/mol. The van der Waals surface area contributed by atoms with Gasteiger partial charge in [0.15, 0.2) is 5.78 Å². The molecule has 1 atom stereocenters. The number of carbonyl (C=O) groups is 2. The van der Waals surface area contributed by atoms with E-state index in [1.165, 1.54) is 25.3 Å². The molecular formula is C18H22O3S. The number of ketones is 2. The molecule has 0 saturated heterocycles. The molecule has 0 aromatic heterocycles. The van der Waals surface area contributed by atoms with Gasteiger partial charge in [0.1, 0.15) is 0 Å². The second kappa shape index (κ2) is 8.18. The lowest BCUT2D eigenvalue weighted by molar-refractivity contribution is 0.0990. The second-order valence-electron chi connectivity index (χ2n) is 5.56. The molecule has 0 fully saturated rings. The van der Waals surface area contributed by atoms with Gasteiger partial charge in [-0.1, -0.05) is 63.3 Å². The summed E-state index contributed by atoms with van der Waals surface area (Å²) >= 11 is 0. The van der Waals surface area contributed by atoms with Crippen molar-refractivity contribution in [1.82, 2.24) is 0 Å². The van der Waals surface area contributed by atoms with Crippen molar-refractivity contribution in [2.75, 3.05) is 5.75 Å². The predicted molar refractivity (Wildman–Crippen MR) is 89.6 cm³/mol. The zero-order valence-electron chi connectivity index (χ0n) is 13.0. The van der Waals surface area contributed by atoms with E-state index in [2.05, 4.69) is 6.92 Å². The van der Waals surface area contributed by atoms with Gasteiger partial charge in [-0.25, -0.2) is 0 Å². The van der Waals surface area contributed by atoms with Crippen LogP contribution in [0.3, 0.4) is 0 Å². The molecular weight excluding hydrogens is 296 g/mol. The fourth-order valence-electron chi connectivity index (χ4n) is 2.58. The van der Waals surface area contributed by atoms with Gasteiger partial charge in [0.2, 0.25) is 5.78 Å². The zero-order valence-corrected chi connectivity index (χ0v) is 13.8. The van der Waals surface area contributed by atoms with Crippen molar-refractivity contribution in [3.8, 4) is 0 Å². The maximum absolute atomic E-state index is 12.4. The lowest BCUT2D eigenvalue weighted by Crippen LogP contribution is -2.20. The van der Waals surface area contributed by atoms with Gasteiger partial charge in [0.05, 0.1) is 15.7 Å². The van der Waals surface area contributed by atoms with Gasteiger partial charge >= 0.3 is 0 Å². The summed E-state index contributed by atoms with van der Waals surface area (Å²) in [5.74, 6) is -0.0277. The number of allylic oxidation sites excluding steroid dienone is 2. The minimum Gasteiger partial charge on any atom is -0.289 e. The van der Waals surface area contributed by atoms with E-state index >= 15 is 0 Å². The molecule has 0 amide bonds. The van der Waals surface area contributed by atoms with E-state index in [4.69, 9.17) is 0 Å². The number of Topliss-reactive ketones (excluding diaryl/α,β-unsaturated/α-hetero) is 1. The number of carbonyl (C=O) groups excluding carboxylic acids is 2. The molecule has 0 N–H and O–H groups in total. The normalized spacial score (nSPS) is 15.4. The van der Waals surface area contributed by atoms with E-state index in [9.17, 15) is 13.8 Å². The first-order chi connectivity index (χ1) is 10.6. The molecule has 1 aromatic carbocycles. The van der Waals surface area contributed by atoms with Gasteiger partial charge < -0.3 is 0 Å². The third-order valence-corrected chi connectivity index (χ3v) is 5.30. The molecule has 0 saturated carbocycles. The molecule has 4 heteroatoms. The first-order valence-corrected chi connectivity index (χ1v) is 9.25. The summed E-state index contributed by atoms with van der Waals surface area (Å²) in [5.41, 5.74) is 0.786. The first kappa shape index (κ1) is 16.8. The van der Waals surface area contributed by atoms with Crippen molar-refractivity contribution in [2.45, 2.75) is 45.4 Å². The van der Waals surface area contributed by atoms with Crippen LogP contribution in [0.1, 0.15) is 66.2 Å². The Bertz CT molecular complexity index is 617. The Morgan fingerprint density at radius 1 is 0.909 bits per heavy atom. The average Bonchev–Trinajstić information content (AvgIpc) is 2.54. The smallest absolute Gasteiger partial charge is 0.202 e. The Hall–Kier alpha value is -1.55. The van der Waals surface area contributed by atoms with E-state index in [-0.39, 0.29) is 16.5 Å². The van der Waals surface area contributed by atoms with Gasteiger partial charge in [0.25, 0.3) is 0 Å². The van der Waals surface area contributed by atoms with E-state index in [0.717, 1.165) is 19.3 Å². The molecule has 0 radical (unpaired) electrons. The molecule has 118 valence electrons. The molecule has 1 aliphatic rings. The van der Waals surface area contributed by atoms with Gasteiger partial charge in [0, 0.05) is 23.0 Å². The van der Waals surface area contributed by atoms with E-state index in [1.807, 2.05) is 0 Å². The van der Waals surface area contributed by atoms with E-state index < -0.39 is 10.8 Å². The third kappa shape index (κ3) is 4.01. The second-order valence-corrected chi connectivity index (χ2v) is 7.10. The molecule has 2 rings (SSSR count). The number of hydrogen-bond acceptors (Lipinski definition) is 3. The van der Waals surface area contributed by atoms with Crippen molar-refractivity contribution < 1.29 is 13.8 Å². The minimum atomic E-state index is -1.38. The SMILES string of the molecule is CCCCCCCCS(=O)C1=CC(=O)c2ccccc2C1=O. The van der Waals surface area contributed by atoms with Crippen LogP contribution in [0.5, 0.6) is 0 Å². The Morgan fingerprint density at radius 2 is 1.55 bits per heavy atom. The van der Waals surface area contributed by atoms with Crippen LogP contribution < -0.4 is 0 Å². The molecule has 0 aliphatic heterocycles. The molecule has 22 heavy (non-hydrogen) atoms. The van der Waals surface area contributed by atoms with E-state index in [1.54, 1.807) is 24.3 Å². The van der Waals surface area contributed by atoms with Crippen LogP contribution in [0.2, 0.25) is 0 Å². The summed E-state index contributed by atoms with van der Waals surface area (Å²) < 4.78 is 12.3. The van der Waals surface area contributed by atoms with Crippen molar-refractivity contribution in [3.63, 3.8) is 0 Å². The number of rotatable bonds is 8. The zero-order chi connectivity index (χ0) is 15.9. The Kier molecular flexibility index (Phi) is 6.25. The quantitative estimate of drug-likeness (QED) is 0.679. The van der Waals surface area contributed by atoms with Crippen LogP contribution in [-0.4, -0.2) is 21.5 Å². The van der Waals surface area contributed by atoms with Crippen LogP contribution in [0.4, 0.5) is 0 Å². The maximum Gasteiger partial charge on any atom is 0.202 e. The van der Waals surface area contributed by atoms with Crippen molar-refractivity contribution >= 4 is 22.4 Å². The molecule has 3 nitrogen and oxygen atoms in total. The lowest BCUT2D eigenvalue weighted by Gasteiger charge is -2.14. The van der Waals surface area contributed by atoms with Crippen LogP contribution in [-0.2, 0) is 10.8 Å².